The molecular weight excluding hydrogens is 418 g/mol. The third-order valence-corrected chi connectivity index (χ3v) is 5.50. The van der Waals surface area contributed by atoms with Gasteiger partial charge in [0.05, 0.1) is 23.5 Å². The quantitative estimate of drug-likeness (QED) is 0.541. The van der Waals surface area contributed by atoms with E-state index in [4.69, 9.17) is 21.1 Å². The summed E-state index contributed by atoms with van der Waals surface area (Å²) in [7, 11) is 0. The number of hydrogen-bond acceptors (Lipinski definition) is 5. The van der Waals surface area contributed by atoms with Gasteiger partial charge in [-0.15, -0.1) is 0 Å². The van der Waals surface area contributed by atoms with Crippen LogP contribution in [-0.2, 0) is 20.9 Å². The molecule has 3 aromatic rings. The molecule has 0 radical (unpaired) electrons. The Morgan fingerprint density at radius 3 is 2.65 bits per heavy atom. The van der Waals surface area contributed by atoms with E-state index in [1.54, 1.807) is 28.6 Å². The first kappa shape index (κ1) is 20.9. The maximum atomic E-state index is 12.5. The molecule has 1 aliphatic rings. The highest BCUT2D eigenvalue weighted by Gasteiger charge is 2.31. The third-order valence-electron chi connectivity index (χ3n) is 5.11. The van der Waals surface area contributed by atoms with Crippen LogP contribution in [0.1, 0.15) is 24.6 Å². The second-order valence-electron chi connectivity index (χ2n) is 7.23. The number of hydrogen-bond donors (Lipinski definition) is 0. The smallest absolute Gasteiger partial charge is 0.307 e. The fourth-order valence-corrected chi connectivity index (χ4v) is 3.78. The summed E-state index contributed by atoms with van der Waals surface area (Å²) in [5, 5.41) is 4.85. The van der Waals surface area contributed by atoms with Crippen LogP contribution in [0.15, 0.2) is 54.6 Å². The van der Waals surface area contributed by atoms with E-state index in [0.29, 0.717) is 27.8 Å². The molecule has 0 N–H and O–H groups in total. The largest absolute Gasteiger partial charge is 0.479 e. The minimum absolute atomic E-state index is 0.0143. The topological polar surface area (TPSA) is 73.7 Å². The Bertz CT molecular complexity index is 1110. The van der Waals surface area contributed by atoms with Crippen LogP contribution in [0, 0.1) is 6.92 Å². The van der Waals surface area contributed by atoms with Crippen LogP contribution in [0.25, 0.3) is 5.69 Å². The Labute approximate surface area is 185 Å². The zero-order chi connectivity index (χ0) is 22.0. The SMILES string of the molecule is Cc1nn(-c2ccccc2)c(Cl)c1COC(=O)CCN1C(=O)C(C)Oc2ccccc21. The summed E-state index contributed by atoms with van der Waals surface area (Å²) in [5.74, 6) is 0.0144. The van der Waals surface area contributed by atoms with Crippen molar-refractivity contribution in [1.29, 1.82) is 0 Å². The van der Waals surface area contributed by atoms with E-state index in [1.165, 1.54) is 0 Å². The molecule has 2 heterocycles. The van der Waals surface area contributed by atoms with Gasteiger partial charge in [-0.3, -0.25) is 9.59 Å². The first-order chi connectivity index (χ1) is 15.0. The number of rotatable bonds is 6. The van der Waals surface area contributed by atoms with Crippen LogP contribution >= 0.6 is 11.6 Å². The van der Waals surface area contributed by atoms with Gasteiger partial charge < -0.3 is 14.4 Å². The van der Waals surface area contributed by atoms with E-state index < -0.39 is 12.1 Å². The highest BCUT2D eigenvalue weighted by Crippen LogP contribution is 2.33. The van der Waals surface area contributed by atoms with Crippen molar-refractivity contribution in [2.75, 3.05) is 11.4 Å². The van der Waals surface area contributed by atoms with Gasteiger partial charge in [0.25, 0.3) is 5.91 Å². The van der Waals surface area contributed by atoms with Crippen LogP contribution in [-0.4, -0.2) is 34.3 Å². The van der Waals surface area contributed by atoms with Gasteiger partial charge in [-0.1, -0.05) is 41.9 Å². The molecule has 1 atom stereocenters. The van der Waals surface area contributed by atoms with Crippen molar-refractivity contribution in [3.63, 3.8) is 0 Å². The van der Waals surface area contributed by atoms with Gasteiger partial charge in [-0.05, 0) is 38.1 Å². The predicted molar refractivity (Wildman–Crippen MR) is 117 cm³/mol. The molecule has 2 aromatic carbocycles. The molecule has 0 aliphatic carbocycles. The van der Waals surface area contributed by atoms with Crippen molar-refractivity contribution in [3.05, 3.63) is 71.0 Å². The maximum Gasteiger partial charge on any atom is 0.307 e. The van der Waals surface area contributed by atoms with E-state index in [2.05, 4.69) is 5.10 Å². The molecule has 1 unspecified atom stereocenters. The van der Waals surface area contributed by atoms with E-state index in [1.807, 2.05) is 49.4 Å². The van der Waals surface area contributed by atoms with Gasteiger partial charge in [0.1, 0.15) is 17.5 Å². The lowest BCUT2D eigenvalue weighted by molar-refractivity contribution is -0.144. The highest BCUT2D eigenvalue weighted by molar-refractivity contribution is 6.30. The average molecular weight is 440 g/mol. The summed E-state index contributed by atoms with van der Waals surface area (Å²) in [6.45, 7) is 3.73. The number of carbonyl (C=O) groups is 2. The zero-order valence-corrected chi connectivity index (χ0v) is 18.0. The van der Waals surface area contributed by atoms with Crippen molar-refractivity contribution >= 4 is 29.2 Å². The molecular formula is C23H22ClN3O4. The van der Waals surface area contributed by atoms with Gasteiger partial charge in [0.15, 0.2) is 6.10 Å². The van der Waals surface area contributed by atoms with Crippen LogP contribution in [0.5, 0.6) is 5.75 Å². The van der Waals surface area contributed by atoms with Crippen molar-refractivity contribution in [2.24, 2.45) is 0 Å². The number of anilines is 1. The molecule has 0 saturated carbocycles. The first-order valence-corrected chi connectivity index (χ1v) is 10.4. The molecule has 0 saturated heterocycles. The molecule has 1 aliphatic heterocycles. The zero-order valence-electron chi connectivity index (χ0n) is 17.2. The molecule has 8 heteroatoms. The number of aryl methyl sites for hydroxylation is 1. The Morgan fingerprint density at radius 2 is 1.87 bits per heavy atom. The first-order valence-electron chi connectivity index (χ1n) is 9.98. The van der Waals surface area contributed by atoms with Gasteiger partial charge in [-0.2, -0.15) is 5.10 Å². The van der Waals surface area contributed by atoms with Gasteiger partial charge >= 0.3 is 5.97 Å². The number of nitrogens with zero attached hydrogens (tertiary/aromatic N) is 3. The number of aromatic nitrogens is 2. The molecule has 0 fully saturated rings. The second kappa shape index (κ2) is 8.81. The van der Waals surface area contributed by atoms with Gasteiger partial charge in [-0.25, -0.2) is 4.68 Å². The number of benzene rings is 2. The number of carbonyl (C=O) groups excluding carboxylic acids is 2. The monoisotopic (exact) mass is 439 g/mol. The Kier molecular flexibility index (Phi) is 5.95. The molecule has 1 amide bonds. The molecule has 160 valence electrons. The second-order valence-corrected chi connectivity index (χ2v) is 7.59. The summed E-state index contributed by atoms with van der Waals surface area (Å²) >= 11 is 6.48. The van der Waals surface area contributed by atoms with Gasteiger partial charge in [0.2, 0.25) is 0 Å². The number of amides is 1. The minimum atomic E-state index is -0.601. The number of para-hydroxylation sites is 3. The van der Waals surface area contributed by atoms with Crippen molar-refractivity contribution in [1.82, 2.24) is 9.78 Å². The maximum absolute atomic E-state index is 12.5. The fraction of sp³-hybridized carbons (Fsp3) is 0.261. The summed E-state index contributed by atoms with van der Waals surface area (Å²) in [6, 6.07) is 16.8. The van der Waals surface area contributed by atoms with Crippen molar-refractivity contribution in [2.45, 2.75) is 33.0 Å². The minimum Gasteiger partial charge on any atom is -0.479 e. The third kappa shape index (κ3) is 4.27. The molecule has 31 heavy (non-hydrogen) atoms. The number of halogens is 1. The van der Waals surface area contributed by atoms with E-state index >= 15 is 0 Å². The lowest BCUT2D eigenvalue weighted by atomic mass is 10.2. The lowest BCUT2D eigenvalue weighted by Gasteiger charge is -2.32. The number of ether oxygens (including phenoxy) is 2. The molecule has 1 aromatic heterocycles. The van der Waals surface area contributed by atoms with E-state index in [0.717, 1.165) is 5.69 Å². The van der Waals surface area contributed by atoms with Crippen LogP contribution in [0.3, 0.4) is 0 Å². The Balaban J connectivity index is 1.40. The standard InChI is InChI=1S/C23H22ClN3O4/c1-15-18(22(24)27(25-15)17-8-4-3-5-9-17)14-30-21(28)12-13-26-19-10-6-7-11-20(19)31-16(2)23(26)29/h3-11,16H,12-14H2,1-2H3. The molecule has 7 nitrogen and oxygen atoms in total. The van der Waals surface area contributed by atoms with Crippen molar-refractivity contribution in [3.8, 4) is 11.4 Å². The lowest BCUT2D eigenvalue weighted by Crippen LogP contribution is -2.45. The Hall–Kier alpha value is -3.32. The summed E-state index contributed by atoms with van der Waals surface area (Å²) in [5.41, 5.74) is 2.82. The van der Waals surface area contributed by atoms with E-state index in [9.17, 15) is 9.59 Å². The molecule has 0 spiro atoms. The van der Waals surface area contributed by atoms with Gasteiger partial charge in [0, 0.05) is 12.1 Å². The summed E-state index contributed by atoms with van der Waals surface area (Å²) < 4.78 is 12.7. The molecule has 4 rings (SSSR count). The average Bonchev–Trinajstić information content (AvgIpc) is 3.06. The summed E-state index contributed by atoms with van der Waals surface area (Å²) in [6.07, 6.45) is -0.549. The van der Waals surface area contributed by atoms with Crippen LogP contribution in [0.4, 0.5) is 5.69 Å². The van der Waals surface area contributed by atoms with Crippen LogP contribution < -0.4 is 9.64 Å². The van der Waals surface area contributed by atoms with E-state index in [-0.39, 0.29) is 25.5 Å². The Morgan fingerprint density at radius 1 is 1.16 bits per heavy atom. The predicted octanol–water partition coefficient (Wildman–Crippen LogP) is 4.08. The fourth-order valence-electron chi connectivity index (χ4n) is 3.45. The molecule has 0 bridgehead atoms. The normalized spacial score (nSPS) is 15.4. The highest BCUT2D eigenvalue weighted by atomic mass is 35.5. The number of fused-ring (bicyclic) bond motifs is 1. The number of esters is 1. The summed E-state index contributed by atoms with van der Waals surface area (Å²) in [4.78, 5) is 26.5. The van der Waals surface area contributed by atoms with Crippen LogP contribution in [0.2, 0.25) is 5.15 Å². The van der Waals surface area contributed by atoms with Crippen molar-refractivity contribution < 1.29 is 19.1 Å².